The molecule has 6 N–H and O–H groups in total. The van der Waals surface area contributed by atoms with E-state index in [0.717, 1.165) is 12.1 Å². The van der Waals surface area contributed by atoms with Gasteiger partial charge in [-0.15, -0.1) is 0 Å². The van der Waals surface area contributed by atoms with E-state index in [9.17, 15) is 34.2 Å². The number of carboxylic acid groups (broad SMARTS) is 4. The molecule has 0 aliphatic rings. The molecular formula is C21H28N2O11. The molecule has 1 aromatic heterocycles. The predicted octanol–water partition coefficient (Wildman–Crippen LogP) is 0.663. The van der Waals surface area contributed by atoms with E-state index in [1.807, 2.05) is 0 Å². The van der Waals surface area contributed by atoms with Crippen molar-refractivity contribution >= 4 is 29.8 Å². The van der Waals surface area contributed by atoms with Crippen molar-refractivity contribution in [3.8, 4) is 5.75 Å². The molecule has 13 heteroatoms. The Labute approximate surface area is 194 Å². The second-order valence-electron chi connectivity index (χ2n) is 8.41. The quantitative estimate of drug-likeness (QED) is 0.243. The number of rotatable bonds is 13. The lowest BCUT2D eigenvalue weighted by molar-refractivity contribution is -0.160. The smallest absolute Gasteiger partial charge is 0.314 e. The fourth-order valence-electron chi connectivity index (χ4n) is 2.79. The Kier molecular flexibility index (Phi) is 9.93. The maximum atomic E-state index is 12.3. The number of esters is 1. The highest BCUT2D eigenvalue weighted by Gasteiger charge is 2.31. The highest BCUT2D eigenvalue weighted by molar-refractivity contribution is 5.83. The maximum Gasteiger partial charge on any atom is 0.314 e. The summed E-state index contributed by atoms with van der Waals surface area (Å²) < 4.78 is 10.8. The van der Waals surface area contributed by atoms with Crippen molar-refractivity contribution in [2.24, 2.45) is 11.7 Å². The Morgan fingerprint density at radius 2 is 1.35 bits per heavy atom. The van der Waals surface area contributed by atoms with Gasteiger partial charge in [0.2, 0.25) is 0 Å². The predicted molar refractivity (Wildman–Crippen MR) is 113 cm³/mol. The van der Waals surface area contributed by atoms with Crippen LogP contribution in [0.5, 0.6) is 5.75 Å². The van der Waals surface area contributed by atoms with Gasteiger partial charge in [-0.1, -0.05) is 0 Å². The number of ether oxygens (including phenoxy) is 2. The fraction of sp³-hybridized carbons (Fsp3) is 0.524. The van der Waals surface area contributed by atoms with E-state index >= 15 is 0 Å². The van der Waals surface area contributed by atoms with Crippen molar-refractivity contribution in [2.45, 2.75) is 51.0 Å². The van der Waals surface area contributed by atoms with Gasteiger partial charge in [0.15, 0.2) is 0 Å². The van der Waals surface area contributed by atoms with Gasteiger partial charge < -0.3 is 35.6 Å². The van der Waals surface area contributed by atoms with Gasteiger partial charge in [-0.3, -0.25) is 29.0 Å². The zero-order valence-corrected chi connectivity index (χ0v) is 18.9. The van der Waals surface area contributed by atoms with Gasteiger partial charge in [-0.25, -0.2) is 0 Å². The van der Waals surface area contributed by atoms with E-state index < -0.39 is 66.0 Å². The summed E-state index contributed by atoms with van der Waals surface area (Å²) in [5.74, 6) is -11.1. The zero-order valence-electron chi connectivity index (χ0n) is 18.9. The highest BCUT2D eigenvalue weighted by Crippen LogP contribution is 2.29. The van der Waals surface area contributed by atoms with Gasteiger partial charge in [0, 0.05) is 18.7 Å². The Hall–Kier alpha value is -3.74. The molecule has 0 fully saturated rings. The first-order valence-corrected chi connectivity index (χ1v) is 10.1. The summed E-state index contributed by atoms with van der Waals surface area (Å²) in [6, 6.07) is 2.18. The standard InChI is InChI=1S/C21H28N2O11/c1-21(2,3)34-20(32)10(8-22)9-33-11-4-14(12(18(28)29)6-16(24)25)23-15(5-11)13(19(30)31)7-17(26)27/h4-5,10,12-13H,6-9,22H2,1-3H3,(H,24,25)(H,26,27)(H,28,29)(H,30,31). The maximum absolute atomic E-state index is 12.3. The van der Waals surface area contributed by atoms with Crippen molar-refractivity contribution in [3.63, 3.8) is 0 Å². The van der Waals surface area contributed by atoms with Crippen LogP contribution < -0.4 is 10.5 Å². The van der Waals surface area contributed by atoms with E-state index in [-0.39, 0.29) is 30.3 Å². The van der Waals surface area contributed by atoms with E-state index in [2.05, 4.69) is 4.98 Å². The normalized spacial score (nSPS) is 13.9. The number of hydrogen-bond acceptors (Lipinski definition) is 9. The van der Waals surface area contributed by atoms with Gasteiger partial charge in [-0.2, -0.15) is 0 Å². The Morgan fingerprint density at radius 3 is 1.68 bits per heavy atom. The van der Waals surface area contributed by atoms with Crippen LogP contribution >= 0.6 is 0 Å². The van der Waals surface area contributed by atoms with Crippen LogP contribution in [0.3, 0.4) is 0 Å². The third-order valence-corrected chi connectivity index (χ3v) is 4.38. The topological polar surface area (TPSA) is 224 Å². The molecule has 0 saturated carbocycles. The molecule has 1 heterocycles. The number of aliphatic carboxylic acids is 4. The van der Waals surface area contributed by atoms with Crippen LogP contribution in [-0.4, -0.2) is 74.0 Å². The molecule has 0 amide bonds. The molecule has 0 aliphatic heterocycles. The summed E-state index contributed by atoms with van der Waals surface area (Å²) in [4.78, 5) is 61.8. The van der Waals surface area contributed by atoms with E-state index in [0.29, 0.717) is 0 Å². The molecule has 0 aliphatic carbocycles. The molecule has 0 bridgehead atoms. The number of pyridine rings is 1. The SMILES string of the molecule is CC(C)(C)OC(=O)C(CN)COc1cc(C(CC(=O)O)C(=O)O)nc(C(CC(=O)O)C(=O)O)c1. The third-order valence-electron chi connectivity index (χ3n) is 4.38. The summed E-state index contributed by atoms with van der Waals surface area (Å²) in [5, 5.41) is 37.0. The van der Waals surface area contributed by atoms with Crippen molar-refractivity contribution in [2.75, 3.05) is 13.2 Å². The molecule has 0 aromatic carbocycles. The van der Waals surface area contributed by atoms with E-state index in [1.54, 1.807) is 20.8 Å². The second-order valence-corrected chi connectivity index (χ2v) is 8.41. The highest BCUT2D eigenvalue weighted by atomic mass is 16.6. The van der Waals surface area contributed by atoms with Gasteiger partial charge in [0.05, 0.1) is 24.2 Å². The van der Waals surface area contributed by atoms with Crippen LogP contribution in [-0.2, 0) is 28.7 Å². The summed E-state index contributed by atoms with van der Waals surface area (Å²) in [6.45, 7) is 4.48. The van der Waals surface area contributed by atoms with Crippen LogP contribution in [0.2, 0.25) is 0 Å². The number of hydrogen-bond donors (Lipinski definition) is 5. The Morgan fingerprint density at radius 1 is 0.912 bits per heavy atom. The minimum absolute atomic E-state index is 0.143. The average Bonchev–Trinajstić information content (AvgIpc) is 2.68. The van der Waals surface area contributed by atoms with Crippen molar-refractivity contribution in [3.05, 3.63) is 23.5 Å². The van der Waals surface area contributed by atoms with Crippen LogP contribution in [0.15, 0.2) is 12.1 Å². The van der Waals surface area contributed by atoms with Crippen LogP contribution in [0.25, 0.3) is 0 Å². The molecule has 1 rings (SSSR count). The van der Waals surface area contributed by atoms with Crippen molar-refractivity contribution < 1.29 is 53.9 Å². The van der Waals surface area contributed by atoms with Gasteiger partial charge >= 0.3 is 29.8 Å². The number of nitrogens with two attached hydrogens (primary N) is 1. The molecular weight excluding hydrogens is 456 g/mol. The number of carbonyl (C=O) groups excluding carboxylic acids is 1. The first-order chi connectivity index (χ1) is 15.6. The largest absolute Gasteiger partial charge is 0.493 e. The molecule has 13 nitrogen and oxygen atoms in total. The number of aromatic nitrogens is 1. The van der Waals surface area contributed by atoms with Crippen LogP contribution in [0.4, 0.5) is 0 Å². The number of carboxylic acids is 4. The fourth-order valence-corrected chi connectivity index (χ4v) is 2.79. The minimum Gasteiger partial charge on any atom is -0.493 e. The molecule has 1 aromatic rings. The van der Waals surface area contributed by atoms with E-state index in [4.69, 9.17) is 25.4 Å². The Bertz CT molecular complexity index is 887. The monoisotopic (exact) mass is 484 g/mol. The molecule has 0 radical (unpaired) electrons. The van der Waals surface area contributed by atoms with Crippen molar-refractivity contribution in [1.82, 2.24) is 4.98 Å². The third kappa shape index (κ3) is 9.02. The second kappa shape index (κ2) is 11.9. The first-order valence-electron chi connectivity index (χ1n) is 10.1. The molecule has 3 atom stereocenters. The number of carbonyl (C=O) groups is 5. The van der Waals surface area contributed by atoms with Gasteiger partial charge in [-0.05, 0) is 20.8 Å². The summed E-state index contributed by atoms with van der Waals surface area (Å²) in [6.07, 6.45) is -1.74. The zero-order chi connectivity index (χ0) is 26.2. The summed E-state index contributed by atoms with van der Waals surface area (Å²) in [5.41, 5.74) is 4.14. The van der Waals surface area contributed by atoms with E-state index in [1.165, 1.54) is 0 Å². The molecule has 0 spiro atoms. The minimum atomic E-state index is -1.67. The van der Waals surface area contributed by atoms with Gasteiger partial charge in [0.1, 0.15) is 35.7 Å². The first kappa shape index (κ1) is 28.3. The lowest BCUT2D eigenvalue weighted by Crippen LogP contribution is -2.35. The average molecular weight is 484 g/mol. The van der Waals surface area contributed by atoms with Crippen molar-refractivity contribution in [1.29, 1.82) is 0 Å². The summed E-state index contributed by atoms with van der Waals surface area (Å²) >= 11 is 0. The molecule has 34 heavy (non-hydrogen) atoms. The van der Waals surface area contributed by atoms with Gasteiger partial charge in [0.25, 0.3) is 0 Å². The van der Waals surface area contributed by atoms with Crippen LogP contribution in [0.1, 0.15) is 56.8 Å². The molecule has 0 saturated heterocycles. The molecule has 188 valence electrons. The Balaban J connectivity index is 3.41. The lowest BCUT2D eigenvalue weighted by atomic mass is 9.96. The molecule has 3 unspecified atom stereocenters. The lowest BCUT2D eigenvalue weighted by Gasteiger charge is -2.23. The summed E-state index contributed by atoms with van der Waals surface area (Å²) in [7, 11) is 0. The van der Waals surface area contributed by atoms with Crippen LogP contribution in [0, 0.1) is 5.92 Å². The number of nitrogens with zero attached hydrogens (tertiary/aromatic N) is 1.